The van der Waals surface area contributed by atoms with E-state index in [0.29, 0.717) is 17.2 Å². The number of nitrogens with zero attached hydrogens (tertiary/aromatic N) is 1. The Kier molecular flexibility index (Phi) is 6.99. The Balaban J connectivity index is 0.00000180. The lowest BCUT2D eigenvalue weighted by Crippen LogP contribution is -2.39. The normalized spacial score (nSPS) is 11.7. The second-order valence-electron chi connectivity index (χ2n) is 4.67. The molecule has 112 valence electrons. The zero-order chi connectivity index (χ0) is 13.3. The number of hydrogen-bond acceptors (Lipinski definition) is 4. The number of aromatic nitrogens is 1. The van der Waals surface area contributed by atoms with Gasteiger partial charge in [0.2, 0.25) is 5.91 Å². The van der Waals surface area contributed by atoms with Gasteiger partial charge in [-0.3, -0.25) is 4.79 Å². The van der Waals surface area contributed by atoms with Crippen LogP contribution in [0.4, 0.5) is 5.69 Å². The van der Waals surface area contributed by atoms with Crippen molar-refractivity contribution in [2.45, 2.75) is 26.8 Å². The zero-order valence-electron chi connectivity index (χ0n) is 11.5. The van der Waals surface area contributed by atoms with E-state index in [4.69, 9.17) is 10.2 Å². The van der Waals surface area contributed by atoms with Crippen LogP contribution in [0.25, 0.3) is 11.1 Å². The number of halogens is 2. The van der Waals surface area contributed by atoms with Gasteiger partial charge < -0.3 is 15.5 Å². The van der Waals surface area contributed by atoms with Crippen molar-refractivity contribution in [3.8, 4) is 0 Å². The highest BCUT2D eigenvalue weighted by Gasteiger charge is 2.17. The van der Waals surface area contributed by atoms with Crippen LogP contribution in [0.3, 0.4) is 0 Å². The van der Waals surface area contributed by atoms with Crippen LogP contribution in [0.2, 0.25) is 0 Å². The number of nitrogens with one attached hydrogen (secondary N) is 1. The predicted molar refractivity (Wildman–Crippen MR) is 84.7 cm³/mol. The molecule has 0 aliphatic rings. The third kappa shape index (κ3) is 4.10. The number of carbonyl (C=O) groups is 1. The first kappa shape index (κ1) is 18.7. The molecule has 1 aromatic carbocycles. The van der Waals surface area contributed by atoms with E-state index < -0.39 is 6.04 Å². The van der Waals surface area contributed by atoms with E-state index in [2.05, 4.69) is 10.3 Å². The molecule has 1 amide bonds. The lowest BCUT2D eigenvalue weighted by Gasteiger charge is -2.15. The fourth-order valence-corrected chi connectivity index (χ4v) is 1.65. The average Bonchev–Trinajstić information content (AvgIpc) is 2.67. The number of hydrogen-bond donors (Lipinski definition) is 2. The zero-order valence-corrected chi connectivity index (χ0v) is 13.2. The highest BCUT2D eigenvalue weighted by Crippen LogP contribution is 2.19. The van der Waals surface area contributed by atoms with Crippen LogP contribution < -0.4 is 11.1 Å². The van der Waals surface area contributed by atoms with Crippen LogP contribution in [-0.4, -0.2) is 16.9 Å². The van der Waals surface area contributed by atoms with Crippen molar-refractivity contribution in [3.05, 3.63) is 24.1 Å². The largest absolute Gasteiger partial charge is 0.441 e. The average molecular weight is 320 g/mol. The monoisotopic (exact) mass is 319 g/mol. The minimum atomic E-state index is -0.514. The molecule has 0 aliphatic heterocycles. The Morgan fingerprint density at radius 3 is 2.60 bits per heavy atom. The number of rotatable bonds is 3. The lowest BCUT2D eigenvalue weighted by molar-refractivity contribution is -0.118. The van der Waals surface area contributed by atoms with Crippen LogP contribution in [0.5, 0.6) is 0 Å². The molecule has 5 nitrogen and oxygen atoms in total. The third-order valence-electron chi connectivity index (χ3n) is 2.78. The van der Waals surface area contributed by atoms with E-state index in [9.17, 15) is 4.79 Å². The van der Waals surface area contributed by atoms with Crippen molar-refractivity contribution in [1.29, 1.82) is 0 Å². The van der Waals surface area contributed by atoms with Crippen molar-refractivity contribution < 1.29 is 9.21 Å². The highest BCUT2D eigenvalue weighted by molar-refractivity contribution is 5.96. The molecule has 0 aliphatic carbocycles. The Hall–Kier alpha value is -1.30. The number of benzene rings is 1. The van der Waals surface area contributed by atoms with Gasteiger partial charge in [0.15, 0.2) is 11.5 Å². The fourth-order valence-electron chi connectivity index (χ4n) is 1.65. The molecule has 0 unspecified atom stereocenters. The van der Waals surface area contributed by atoms with E-state index in [1.807, 2.05) is 13.8 Å². The number of amides is 1. The number of aryl methyl sites for hydroxylation is 1. The van der Waals surface area contributed by atoms with E-state index in [0.717, 1.165) is 5.52 Å². The third-order valence-corrected chi connectivity index (χ3v) is 2.78. The first-order valence-electron chi connectivity index (χ1n) is 5.91. The number of carbonyl (C=O) groups excluding carboxylic acids is 1. The summed E-state index contributed by atoms with van der Waals surface area (Å²) in [6.45, 7) is 5.61. The summed E-state index contributed by atoms with van der Waals surface area (Å²) in [5.74, 6) is 0.514. The minimum absolute atomic E-state index is 0. The van der Waals surface area contributed by atoms with Gasteiger partial charge in [-0.15, -0.1) is 24.8 Å². The first-order chi connectivity index (χ1) is 8.47. The maximum atomic E-state index is 11.8. The molecule has 0 fully saturated rings. The summed E-state index contributed by atoms with van der Waals surface area (Å²) in [5.41, 5.74) is 7.89. The number of anilines is 1. The van der Waals surface area contributed by atoms with Crippen molar-refractivity contribution in [1.82, 2.24) is 4.98 Å². The molecule has 3 N–H and O–H groups in total. The van der Waals surface area contributed by atoms with Gasteiger partial charge in [-0.2, -0.15) is 0 Å². The van der Waals surface area contributed by atoms with Crippen LogP contribution in [0, 0.1) is 12.8 Å². The SMILES string of the molecule is Cc1nc2cc(NC(=O)[C@H](N)C(C)C)ccc2o1.Cl.Cl. The van der Waals surface area contributed by atoms with Crippen molar-refractivity contribution in [2.24, 2.45) is 11.7 Å². The summed E-state index contributed by atoms with van der Waals surface area (Å²) < 4.78 is 5.37. The summed E-state index contributed by atoms with van der Waals surface area (Å²) in [6.07, 6.45) is 0. The number of nitrogens with two attached hydrogens (primary N) is 1. The van der Waals surface area contributed by atoms with E-state index in [1.165, 1.54) is 0 Å². The Morgan fingerprint density at radius 1 is 1.35 bits per heavy atom. The molecule has 0 spiro atoms. The smallest absolute Gasteiger partial charge is 0.241 e. The van der Waals surface area contributed by atoms with Gasteiger partial charge in [-0.05, 0) is 24.1 Å². The molecular weight excluding hydrogens is 301 g/mol. The van der Waals surface area contributed by atoms with Gasteiger partial charge in [0, 0.05) is 12.6 Å². The maximum Gasteiger partial charge on any atom is 0.241 e. The minimum Gasteiger partial charge on any atom is -0.441 e. The van der Waals surface area contributed by atoms with E-state index in [-0.39, 0.29) is 36.6 Å². The summed E-state index contributed by atoms with van der Waals surface area (Å²) in [6, 6.07) is 4.82. The van der Waals surface area contributed by atoms with Gasteiger partial charge in [-0.1, -0.05) is 13.8 Å². The summed E-state index contributed by atoms with van der Waals surface area (Å²) in [4.78, 5) is 16.0. The van der Waals surface area contributed by atoms with Gasteiger partial charge in [0.1, 0.15) is 5.52 Å². The number of fused-ring (bicyclic) bond motifs is 1. The molecule has 1 aromatic heterocycles. The van der Waals surface area contributed by atoms with Crippen molar-refractivity contribution in [2.75, 3.05) is 5.32 Å². The molecule has 1 atom stereocenters. The van der Waals surface area contributed by atoms with Crippen LogP contribution in [0.1, 0.15) is 19.7 Å². The fraction of sp³-hybridized carbons (Fsp3) is 0.385. The second kappa shape index (κ2) is 7.47. The predicted octanol–water partition coefficient (Wildman–Crippen LogP) is 2.90. The summed E-state index contributed by atoms with van der Waals surface area (Å²) in [5, 5.41) is 2.78. The van der Waals surface area contributed by atoms with E-state index >= 15 is 0 Å². The standard InChI is InChI=1S/C13H17N3O2.2ClH/c1-7(2)12(14)13(17)16-9-4-5-11-10(6-9)15-8(3)18-11;;/h4-7,12H,14H2,1-3H3,(H,16,17);2*1H/t12-;;/m1../s1. The molecular formula is C13H19Cl2N3O2. The topological polar surface area (TPSA) is 81.2 Å². The van der Waals surface area contributed by atoms with Crippen molar-refractivity contribution >= 4 is 47.5 Å². The van der Waals surface area contributed by atoms with Gasteiger partial charge in [0.05, 0.1) is 6.04 Å². The Morgan fingerprint density at radius 2 is 2.00 bits per heavy atom. The number of oxazole rings is 1. The first-order valence-corrected chi connectivity index (χ1v) is 5.91. The van der Waals surface area contributed by atoms with Gasteiger partial charge >= 0.3 is 0 Å². The molecule has 2 aromatic rings. The molecule has 2 rings (SSSR count). The van der Waals surface area contributed by atoms with Crippen LogP contribution in [-0.2, 0) is 4.79 Å². The Bertz CT molecular complexity index is 584. The van der Waals surface area contributed by atoms with Crippen LogP contribution >= 0.6 is 24.8 Å². The molecule has 0 bridgehead atoms. The van der Waals surface area contributed by atoms with Gasteiger partial charge in [0.25, 0.3) is 0 Å². The van der Waals surface area contributed by atoms with Crippen molar-refractivity contribution in [3.63, 3.8) is 0 Å². The molecule has 20 heavy (non-hydrogen) atoms. The highest BCUT2D eigenvalue weighted by atomic mass is 35.5. The van der Waals surface area contributed by atoms with Gasteiger partial charge in [-0.25, -0.2) is 4.98 Å². The summed E-state index contributed by atoms with van der Waals surface area (Å²) in [7, 11) is 0. The second-order valence-corrected chi connectivity index (χ2v) is 4.67. The molecule has 0 radical (unpaired) electrons. The van der Waals surface area contributed by atoms with Crippen LogP contribution in [0.15, 0.2) is 22.6 Å². The van der Waals surface area contributed by atoms with E-state index in [1.54, 1.807) is 25.1 Å². The molecule has 1 heterocycles. The maximum absolute atomic E-state index is 11.8. The molecule has 7 heteroatoms. The Labute approximate surface area is 130 Å². The lowest BCUT2D eigenvalue weighted by atomic mass is 10.0. The quantitative estimate of drug-likeness (QED) is 0.911. The molecule has 0 saturated carbocycles. The molecule has 0 saturated heterocycles. The summed E-state index contributed by atoms with van der Waals surface area (Å²) >= 11 is 0.